The van der Waals surface area contributed by atoms with Gasteiger partial charge in [0.15, 0.2) is 0 Å². The van der Waals surface area contributed by atoms with Crippen LogP contribution in [0.3, 0.4) is 0 Å². The molecule has 6 aliphatic rings. The zero-order valence-corrected chi connectivity index (χ0v) is 31.5. The average molecular weight is 721 g/mol. The van der Waals surface area contributed by atoms with E-state index in [1.54, 1.807) is 6.07 Å². The van der Waals surface area contributed by atoms with E-state index in [9.17, 15) is 14.7 Å². The Hall–Kier alpha value is -3.62. The fourth-order valence-electron chi connectivity index (χ4n) is 10.4. The molecule has 2 unspecified atom stereocenters. The number of benzene rings is 2. The van der Waals surface area contributed by atoms with E-state index in [2.05, 4.69) is 21.3 Å². The van der Waals surface area contributed by atoms with Gasteiger partial charge in [-0.15, -0.1) is 0 Å². The van der Waals surface area contributed by atoms with Gasteiger partial charge in [-0.05, 0) is 173 Å². The summed E-state index contributed by atoms with van der Waals surface area (Å²) in [5.74, 6) is 3.63. The normalized spacial score (nSPS) is 23.6. The van der Waals surface area contributed by atoms with Gasteiger partial charge in [-0.1, -0.05) is 0 Å². The summed E-state index contributed by atoms with van der Waals surface area (Å²) in [5.41, 5.74) is 9.60. The summed E-state index contributed by atoms with van der Waals surface area (Å²) >= 11 is 0. The van der Waals surface area contributed by atoms with E-state index in [-0.39, 0.29) is 5.97 Å². The molecule has 4 fully saturated rings. The van der Waals surface area contributed by atoms with Crippen LogP contribution in [0.25, 0.3) is 21.8 Å². The molecule has 10 rings (SSSR count). The number of aromatic carboxylic acids is 1. The predicted molar refractivity (Wildman–Crippen MR) is 206 cm³/mol. The summed E-state index contributed by atoms with van der Waals surface area (Å²) in [6, 6.07) is 11.9. The van der Waals surface area contributed by atoms with Crippen LogP contribution in [0.15, 0.2) is 36.4 Å². The monoisotopic (exact) mass is 720 g/mol. The molecule has 2 saturated heterocycles. The minimum Gasteiger partial charge on any atom is -0.478 e. The van der Waals surface area contributed by atoms with Crippen LogP contribution in [0, 0.1) is 35.5 Å². The quantitative estimate of drug-likeness (QED) is 0.183. The Morgan fingerprint density at radius 1 is 0.642 bits per heavy atom. The van der Waals surface area contributed by atoms with Crippen LogP contribution in [0.2, 0.25) is 0 Å². The largest absolute Gasteiger partial charge is 0.478 e. The molecule has 1 N–H and O–H groups in total. The number of carbonyl (C=O) groups is 2. The van der Waals surface area contributed by atoms with Gasteiger partial charge in [-0.2, -0.15) is 0 Å². The minimum absolute atomic E-state index is 0.239. The van der Waals surface area contributed by atoms with Crippen LogP contribution >= 0.6 is 0 Å². The Bertz CT molecular complexity index is 1990. The summed E-state index contributed by atoms with van der Waals surface area (Å²) in [6.45, 7) is 5.90. The number of hydrogen-bond donors (Lipinski definition) is 1. The standard InChI is InChI=1S/C23H29NO3.C22H27NO3/c1-26-23(25)18-5-7-22-20(13-18)19-12-17(16-8-10-27-11-9-16)4-6-21(19)24(22)14-15-2-3-15;24-22(25)17-4-6-21-19(12-17)18-11-16(15-7-9-26-10-8-15)3-5-20(18)23(21)13-14-1-2-14/h5,7,13,15-17H,2-4,6,8-12,14H2,1H3;4,6,12,14-16H,1-3,5,7-11,13H2,(H,24,25). The van der Waals surface area contributed by atoms with Crippen molar-refractivity contribution in [1.82, 2.24) is 9.13 Å². The lowest BCUT2D eigenvalue weighted by atomic mass is 9.75. The Balaban J connectivity index is 0.000000141. The van der Waals surface area contributed by atoms with Gasteiger partial charge in [0.2, 0.25) is 0 Å². The van der Waals surface area contributed by atoms with E-state index in [0.717, 1.165) is 94.3 Å². The molecule has 282 valence electrons. The number of methoxy groups -OCH3 is 1. The Morgan fingerprint density at radius 3 is 1.53 bits per heavy atom. The van der Waals surface area contributed by atoms with Crippen molar-refractivity contribution in [2.45, 2.75) is 103 Å². The third-order valence-electron chi connectivity index (χ3n) is 13.8. The van der Waals surface area contributed by atoms with Gasteiger partial charge in [0, 0.05) is 72.7 Å². The highest BCUT2D eigenvalue weighted by atomic mass is 16.5. The third-order valence-corrected chi connectivity index (χ3v) is 13.8. The van der Waals surface area contributed by atoms with Crippen LogP contribution in [-0.2, 0) is 53.0 Å². The molecule has 0 radical (unpaired) electrons. The van der Waals surface area contributed by atoms with Crippen LogP contribution in [-0.4, -0.2) is 59.7 Å². The molecule has 0 bridgehead atoms. The highest BCUT2D eigenvalue weighted by Gasteiger charge is 2.35. The zero-order chi connectivity index (χ0) is 36.1. The number of fused-ring (bicyclic) bond motifs is 6. The molecule has 2 saturated carbocycles. The number of rotatable bonds is 8. The molecule has 8 heteroatoms. The van der Waals surface area contributed by atoms with Crippen molar-refractivity contribution in [2.24, 2.45) is 35.5 Å². The van der Waals surface area contributed by atoms with E-state index in [1.807, 2.05) is 18.2 Å². The minimum atomic E-state index is -0.826. The number of carbonyl (C=O) groups excluding carboxylic acids is 1. The van der Waals surface area contributed by atoms with Gasteiger partial charge in [-0.3, -0.25) is 0 Å². The summed E-state index contributed by atoms with van der Waals surface area (Å²) in [5, 5.41) is 11.9. The molecule has 4 aromatic rings. The molecule has 2 atom stereocenters. The molecule has 0 spiro atoms. The SMILES string of the molecule is COC(=O)c1ccc2c(c1)c1c(n2CC2CC2)CCC(C2CCOCC2)C1.O=C(O)c1ccc2c(c1)c1c(n2CC2CC2)CCC(C2CCOCC2)C1. The van der Waals surface area contributed by atoms with Crippen molar-refractivity contribution >= 4 is 33.7 Å². The molecular formula is C45H56N2O6. The lowest BCUT2D eigenvalue weighted by Crippen LogP contribution is -2.28. The van der Waals surface area contributed by atoms with Crippen LogP contribution in [0.4, 0.5) is 0 Å². The van der Waals surface area contributed by atoms with Gasteiger partial charge in [-0.25, -0.2) is 9.59 Å². The number of aromatic nitrogens is 2. The first-order valence-electron chi connectivity index (χ1n) is 20.7. The molecular weight excluding hydrogens is 665 g/mol. The number of nitrogens with zero attached hydrogens (tertiary/aromatic N) is 2. The first-order valence-corrected chi connectivity index (χ1v) is 20.7. The van der Waals surface area contributed by atoms with Gasteiger partial charge in [0.25, 0.3) is 0 Å². The lowest BCUT2D eigenvalue weighted by molar-refractivity contribution is 0.0438. The highest BCUT2D eigenvalue weighted by molar-refractivity contribution is 5.97. The van der Waals surface area contributed by atoms with E-state index < -0.39 is 5.97 Å². The van der Waals surface area contributed by atoms with E-state index in [0.29, 0.717) is 11.1 Å². The van der Waals surface area contributed by atoms with Gasteiger partial charge in [0.05, 0.1) is 18.2 Å². The molecule has 2 aromatic carbocycles. The fourth-order valence-corrected chi connectivity index (χ4v) is 10.4. The van der Waals surface area contributed by atoms with Crippen LogP contribution in [0.1, 0.15) is 107 Å². The van der Waals surface area contributed by atoms with E-state index in [1.165, 1.54) is 122 Å². The lowest BCUT2D eigenvalue weighted by Gasteiger charge is -2.33. The summed E-state index contributed by atoms with van der Waals surface area (Å²) in [6.07, 6.45) is 17.3. The van der Waals surface area contributed by atoms with Crippen LogP contribution in [0.5, 0.6) is 0 Å². The van der Waals surface area contributed by atoms with Crippen molar-refractivity contribution in [3.05, 3.63) is 70.0 Å². The summed E-state index contributed by atoms with van der Waals surface area (Å²) in [7, 11) is 1.46. The van der Waals surface area contributed by atoms with Gasteiger partial charge >= 0.3 is 11.9 Å². The van der Waals surface area contributed by atoms with Crippen molar-refractivity contribution in [3.63, 3.8) is 0 Å². The van der Waals surface area contributed by atoms with E-state index in [4.69, 9.17) is 14.2 Å². The Labute approximate surface area is 313 Å². The number of carboxylic acids is 1. The van der Waals surface area contributed by atoms with Crippen LogP contribution < -0.4 is 0 Å². The molecule has 4 heterocycles. The first kappa shape index (κ1) is 35.1. The maximum absolute atomic E-state index is 12.1. The highest BCUT2D eigenvalue weighted by Crippen LogP contribution is 2.43. The second-order valence-electron chi connectivity index (χ2n) is 17.1. The fraction of sp³-hybridized carbons (Fsp3) is 0.600. The van der Waals surface area contributed by atoms with Crippen molar-refractivity contribution < 1.29 is 28.9 Å². The van der Waals surface area contributed by atoms with E-state index >= 15 is 0 Å². The summed E-state index contributed by atoms with van der Waals surface area (Å²) in [4.78, 5) is 23.6. The molecule has 0 amide bonds. The predicted octanol–water partition coefficient (Wildman–Crippen LogP) is 8.65. The smallest absolute Gasteiger partial charge is 0.337 e. The van der Waals surface area contributed by atoms with Crippen molar-refractivity contribution in [2.75, 3.05) is 33.5 Å². The van der Waals surface area contributed by atoms with Gasteiger partial charge < -0.3 is 28.5 Å². The maximum atomic E-state index is 12.1. The van der Waals surface area contributed by atoms with Crippen molar-refractivity contribution in [1.29, 1.82) is 0 Å². The zero-order valence-electron chi connectivity index (χ0n) is 31.5. The summed E-state index contributed by atoms with van der Waals surface area (Å²) < 4.78 is 21.2. The molecule has 4 aliphatic carbocycles. The molecule has 53 heavy (non-hydrogen) atoms. The molecule has 2 aromatic heterocycles. The first-order chi connectivity index (χ1) is 25.9. The molecule has 2 aliphatic heterocycles. The second kappa shape index (κ2) is 14.9. The van der Waals surface area contributed by atoms with Gasteiger partial charge in [0.1, 0.15) is 0 Å². The second-order valence-corrected chi connectivity index (χ2v) is 17.1. The Kier molecular flexibility index (Phi) is 9.87. The number of carboxylic acid groups (broad SMARTS) is 1. The number of ether oxygens (including phenoxy) is 3. The molecule has 8 nitrogen and oxygen atoms in total. The maximum Gasteiger partial charge on any atom is 0.337 e. The average Bonchev–Trinajstić information content (AvgIpc) is 4.15. The number of hydrogen-bond acceptors (Lipinski definition) is 5. The Morgan fingerprint density at radius 2 is 1.09 bits per heavy atom. The van der Waals surface area contributed by atoms with Crippen molar-refractivity contribution in [3.8, 4) is 0 Å². The third kappa shape index (κ3) is 7.18. The topological polar surface area (TPSA) is 91.9 Å². The number of esters is 1.